The van der Waals surface area contributed by atoms with E-state index in [9.17, 15) is 0 Å². The monoisotopic (exact) mass is 238 g/mol. The second-order valence-electron chi connectivity index (χ2n) is 3.81. The van der Waals surface area contributed by atoms with E-state index in [1.807, 2.05) is 26.0 Å². The third-order valence-corrected chi connectivity index (χ3v) is 2.48. The quantitative estimate of drug-likeness (QED) is 0.708. The topological polar surface area (TPSA) is 38.7 Å². The van der Waals surface area contributed by atoms with Crippen LogP contribution < -0.4 is 0 Å². The number of aryl methyl sites for hydroxylation is 1. The fourth-order valence-corrected chi connectivity index (χ4v) is 1.72. The summed E-state index contributed by atoms with van der Waals surface area (Å²) in [6, 6.07) is 8.17. The maximum absolute atomic E-state index is 8.83. The number of rotatable bonds is 8. The van der Waals surface area contributed by atoms with Crippen molar-refractivity contribution in [3.8, 4) is 0 Å². The minimum absolute atomic E-state index is 0.227. The molecular formula is C14H22O3. The smallest absolute Gasteiger partial charge is 0.183 e. The van der Waals surface area contributed by atoms with Crippen molar-refractivity contribution in [3.05, 3.63) is 35.4 Å². The number of benzene rings is 1. The highest BCUT2D eigenvalue weighted by molar-refractivity contribution is 5.24. The molecule has 0 amide bonds. The molecule has 0 fully saturated rings. The maximum atomic E-state index is 8.83. The van der Waals surface area contributed by atoms with Gasteiger partial charge in [0.25, 0.3) is 0 Å². The van der Waals surface area contributed by atoms with Gasteiger partial charge in [-0.25, -0.2) is 0 Å². The highest BCUT2D eigenvalue weighted by Gasteiger charge is 2.11. The molecule has 0 saturated carbocycles. The summed E-state index contributed by atoms with van der Waals surface area (Å²) in [6.45, 7) is 5.41. The van der Waals surface area contributed by atoms with Gasteiger partial charge < -0.3 is 14.6 Å². The van der Waals surface area contributed by atoms with E-state index in [0.29, 0.717) is 13.2 Å². The number of hydrogen-bond acceptors (Lipinski definition) is 3. The van der Waals surface area contributed by atoms with E-state index in [0.717, 1.165) is 18.4 Å². The van der Waals surface area contributed by atoms with Crippen molar-refractivity contribution < 1.29 is 14.6 Å². The van der Waals surface area contributed by atoms with Crippen LogP contribution in [0.2, 0.25) is 0 Å². The molecule has 3 heteroatoms. The van der Waals surface area contributed by atoms with Crippen LogP contribution in [0.15, 0.2) is 24.3 Å². The SMILES string of the molecule is CCOC(OCC)c1cccc(CCCO)c1. The Morgan fingerprint density at radius 3 is 2.47 bits per heavy atom. The molecule has 1 rings (SSSR count). The highest BCUT2D eigenvalue weighted by Crippen LogP contribution is 2.20. The van der Waals surface area contributed by atoms with Crippen LogP contribution in [0.5, 0.6) is 0 Å². The Hall–Kier alpha value is -0.900. The first-order valence-corrected chi connectivity index (χ1v) is 6.24. The van der Waals surface area contributed by atoms with E-state index in [2.05, 4.69) is 12.1 Å². The molecular weight excluding hydrogens is 216 g/mol. The van der Waals surface area contributed by atoms with Crippen LogP contribution in [0.1, 0.15) is 37.7 Å². The maximum Gasteiger partial charge on any atom is 0.183 e. The summed E-state index contributed by atoms with van der Waals surface area (Å²) in [7, 11) is 0. The molecule has 0 aliphatic rings. The Kier molecular flexibility index (Phi) is 6.86. The average molecular weight is 238 g/mol. The lowest BCUT2D eigenvalue weighted by Gasteiger charge is -2.17. The third-order valence-electron chi connectivity index (χ3n) is 2.48. The van der Waals surface area contributed by atoms with Gasteiger partial charge in [0.2, 0.25) is 0 Å². The lowest BCUT2D eigenvalue weighted by atomic mass is 10.1. The van der Waals surface area contributed by atoms with Crippen molar-refractivity contribution in [1.29, 1.82) is 0 Å². The lowest BCUT2D eigenvalue weighted by Crippen LogP contribution is -2.09. The number of hydrogen-bond donors (Lipinski definition) is 1. The molecule has 96 valence electrons. The van der Waals surface area contributed by atoms with Crippen molar-refractivity contribution in [2.45, 2.75) is 33.0 Å². The fraction of sp³-hybridized carbons (Fsp3) is 0.571. The molecule has 1 aromatic carbocycles. The van der Waals surface area contributed by atoms with Gasteiger partial charge in [0.05, 0.1) is 0 Å². The summed E-state index contributed by atoms with van der Waals surface area (Å²) in [4.78, 5) is 0. The molecule has 0 unspecified atom stereocenters. The first-order chi connectivity index (χ1) is 8.31. The normalized spacial score (nSPS) is 11.1. The standard InChI is InChI=1S/C14H22O3/c1-3-16-14(17-4-2)13-9-5-7-12(11-13)8-6-10-15/h5,7,9,11,14-15H,3-4,6,8,10H2,1-2H3. The Balaban J connectivity index is 2.72. The molecule has 0 atom stereocenters. The molecule has 1 aromatic rings. The van der Waals surface area contributed by atoms with Gasteiger partial charge in [-0.2, -0.15) is 0 Å². The second-order valence-corrected chi connectivity index (χ2v) is 3.81. The van der Waals surface area contributed by atoms with Crippen molar-refractivity contribution >= 4 is 0 Å². The molecule has 1 N–H and O–H groups in total. The molecule has 0 bridgehead atoms. The van der Waals surface area contributed by atoms with Crippen LogP contribution in [-0.2, 0) is 15.9 Å². The van der Waals surface area contributed by atoms with E-state index in [1.165, 1.54) is 5.56 Å². The van der Waals surface area contributed by atoms with Gasteiger partial charge in [-0.15, -0.1) is 0 Å². The first-order valence-electron chi connectivity index (χ1n) is 6.24. The lowest BCUT2D eigenvalue weighted by molar-refractivity contribution is -0.140. The average Bonchev–Trinajstić information content (AvgIpc) is 2.36. The fourth-order valence-electron chi connectivity index (χ4n) is 1.72. The van der Waals surface area contributed by atoms with Crippen LogP contribution >= 0.6 is 0 Å². The van der Waals surface area contributed by atoms with E-state index < -0.39 is 0 Å². The van der Waals surface area contributed by atoms with Gasteiger partial charge in [-0.3, -0.25) is 0 Å². The molecule has 0 saturated heterocycles. The molecule has 3 nitrogen and oxygen atoms in total. The molecule has 0 aromatic heterocycles. The molecule has 17 heavy (non-hydrogen) atoms. The van der Waals surface area contributed by atoms with Gasteiger partial charge in [0.15, 0.2) is 6.29 Å². The van der Waals surface area contributed by atoms with Gasteiger partial charge >= 0.3 is 0 Å². The Bertz CT molecular complexity index is 306. The summed E-state index contributed by atoms with van der Waals surface area (Å²) in [6.07, 6.45) is 1.39. The van der Waals surface area contributed by atoms with E-state index in [4.69, 9.17) is 14.6 Å². The van der Waals surface area contributed by atoms with Crippen molar-refractivity contribution in [1.82, 2.24) is 0 Å². The molecule has 0 aliphatic carbocycles. The molecule has 0 aliphatic heterocycles. The highest BCUT2D eigenvalue weighted by atomic mass is 16.7. The number of ether oxygens (including phenoxy) is 2. The predicted octanol–water partition coefficient (Wildman–Crippen LogP) is 2.68. The summed E-state index contributed by atoms with van der Waals surface area (Å²) in [5.41, 5.74) is 2.25. The van der Waals surface area contributed by atoms with Crippen molar-refractivity contribution in [2.24, 2.45) is 0 Å². The van der Waals surface area contributed by atoms with E-state index in [1.54, 1.807) is 0 Å². The summed E-state index contributed by atoms with van der Waals surface area (Å²) >= 11 is 0. The van der Waals surface area contributed by atoms with Gasteiger partial charge in [-0.05, 0) is 32.3 Å². The van der Waals surface area contributed by atoms with Crippen LogP contribution in [0, 0.1) is 0 Å². The van der Waals surface area contributed by atoms with Gasteiger partial charge in [-0.1, -0.05) is 24.3 Å². The van der Waals surface area contributed by atoms with E-state index >= 15 is 0 Å². The zero-order valence-corrected chi connectivity index (χ0v) is 10.7. The van der Waals surface area contributed by atoms with Crippen LogP contribution in [0.3, 0.4) is 0 Å². The van der Waals surface area contributed by atoms with E-state index in [-0.39, 0.29) is 12.9 Å². The summed E-state index contributed by atoms with van der Waals surface area (Å²) in [5.74, 6) is 0. The zero-order valence-electron chi connectivity index (χ0n) is 10.7. The number of aliphatic hydroxyl groups is 1. The zero-order chi connectivity index (χ0) is 12.5. The Morgan fingerprint density at radius 2 is 1.88 bits per heavy atom. The molecule has 0 heterocycles. The predicted molar refractivity (Wildman–Crippen MR) is 67.8 cm³/mol. The third kappa shape index (κ3) is 4.86. The molecule has 0 radical (unpaired) electrons. The van der Waals surface area contributed by atoms with Crippen LogP contribution in [-0.4, -0.2) is 24.9 Å². The van der Waals surface area contributed by atoms with Crippen LogP contribution in [0.25, 0.3) is 0 Å². The largest absolute Gasteiger partial charge is 0.396 e. The molecule has 0 spiro atoms. The summed E-state index contributed by atoms with van der Waals surface area (Å²) in [5, 5.41) is 8.83. The van der Waals surface area contributed by atoms with Crippen molar-refractivity contribution in [3.63, 3.8) is 0 Å². The Morgan fingerprint density at radius 1 is 1.18 bits per heavy atom. The Labute approximate surface area is 103 Å². The van der Waals surface area contributed by atoms with Gasteiger partial charge in [0, 0.05) is 25.4 Å². The first kappa shape index (κ1) is 14.2. The van der Waals surface area contributed by atoms with Crippen LogP contribution in [0.4, 0.5) is 0 Å². The summed E-state index contributed by atoms with van der Waals surface area (Å²) < 4.78 is 11.1. The minimum atomic E-state index is -0.279. The van der Waals surface area contributed by atoms with Crippen molar-refractivity contribution in [2.75, 3.05) is 19.8 Å². The number of aliphatic hydroxyl groups excluding tert-OH is 1. The minimum Gasteiger partial charge on any atom is -0.396 e. The second kappa shape index (κ2) is 8.23. The van der Waals surface area contributed by atoms with Gasteiger partial charge in [0.1, 0.15) is 0 Å².